The summed E-state index contributed by atoms with van der Waals surface area (Å²) in [6.07, 6.45) is 10.5. The summed E-state index contributed by atoms with van der Waals surface area (Å²) in [5.41, 5.74) is 7.02. The van der Waals surface area contributed by atoms with Crippen molar-refractivity contribution >= 4 is 27.5 Å². The van der Waals surface area contributed by atoms with Gasteiger partial charge in [0.25, 0.3) is 0 Å². The van der Waals surface area contributed by atoms with Crippen LogP contribution in [0, 0.1) is 17.0 Å². The molecule has 4 heterocycles. The van der Waals surface area contributed by atoms with Crippen LogP contribution in [0.15, 0.2) is 30.5 Å². The highest BCUT2D eigenvalue weighted by atomic mass is 19.1. The number of piperidine rings is 1. The number of likely N-dealkylation sites (tertiary alicyclic amines) is 1. The van der Waals surface area contributed by atoms with Gasteiger partial charge < -0.3 is 25.2 Å². The smallest absolute Gasteiger partial charge is 0.319 e. The van der Waals surface area contributed by atoms with Gasteiger partial charge in [-0.05, 0) is 92.4 Å². The van der Waals surface area contributed by atoms with Crippen molar-refractivity contribution in [1.29, 1.82) is 0 Å². The predicted molar refractivity (Wildman–Crippen MR) is 181 cm³/mol. The van der Waals surface area contributed by atoms with Crippen LogP contribution in [0.3, 0.4) is 0 Å². The van der Waals surface area contributed by atoms with E-state index in [1.807, 2.05) is 6.92 Å². The predicted octanol–water partition coefficient (Wildman–Crippen LogP) is 6.12. The van der Waals surface area contributed by atoms with Crippen LogP contribution in [0.5, 0.6) is 11.8 Å². The third-order valence-corrected chi connectivity index (χ3v) is 11.4. The molecule has 2 aromatic carbocycles. The van der Waals surface area contributed by atoms with Gasteiger partial charge in [0.1, 0.15) is 28.6 Å². The summed E-state index contributed by atoms with van der Waals surface area (Å²) in [7, 11) is 0. The number of rotatable bonds is 7. The average Bonchev–Trinajstić information content (AvgIpc) is 3.32. The number of nitrogens with zero attached hydrogens (tertiary/aromatic N) is 5. The number of hydrogen-bond donors (Lipinski definition) is 2. The fourth-order valence-corrected chi connectivity index (χ4v) is 8.99. The average molecular weight is 659 g/mol. The molecule has 2 atom stereocenters. The van der Waals surface area contributed by atoms with Gasteiger partial charge >= 0.3 is 6.01 Å². The van der Waals surface area contributed by atoms with Crippen molar-refractivity contribution in [2.24, 2.45) is 11.1 Å². The largest absolute Gasteiger partial charge is 0.508 e. The number of aromatic nitrogens is 3. The molecule has 0 spiro atoms. The topological polar surface area (TPSA) is 110 Å². The minimum atomic E-state index is -0.660. The lowest BCUT2D eigenvalue weighted by Crippen LogP contribution is -2.60. The van der Waals surface area contributed by atoms with Gasteiger partial charge in [0.05, 0.1) is 18.6 Å². The van der Waals surface area contributed by atoms with E-state index in [1.165, 1.54) is 12.1 Å². The first-order valence-corrected chi connectivity index (χ1v) is 17.6. The van der Waals surface area contributed by atoms with E-state index in [0.29, 0.717) is 90.6 Å². The molecule has 2 aromatic heterocycles. The molecule has 0 amide bonds. The number of phenolic OH excluding ortho intramolecular Hbond substituents is 1. The first kappa shape index (κ1) is 31.6. The maximum Gasteiger partial charge on any atom is 0.319 e. The zero-order chi connectivity index (χ0) is 33.0. The van der Waals surface area contributed by atoms with Gasteiger partial charge in [-0.3, -0.25) is 9.88 Å². The Morgan fingerprint density at radius 2 is 1.92 bits per heavy atom. The number of ether oxygens (including phenoxy) is 2. The number of pyridine rings is 1. The summed E-state index contributed by atoms with van der Waals surface area (Å²) in [5, 5.41) is 12.2. The molecular formula is C37H44F2N6O3. The normalized spacial score (nSPS) is 26.4. The summed E-state index contributed by atoms with van der Waals surface area (Å²) in [4.78, 5) is 19.0. The molecule has 2 aliphatic carbocycles. The quantitative estimate of drug-likeness (QED) is 0.243. The first-order chi connectivity index (χ1) is 23.3. The second-order valence-corrected chi connectivity index (χ2v) is 14.2. The molecule has 2 aliphatic heterocycles. The van der Waals surface area contributed by atoms with Crippen LogP contribution < -0.4 is 15.4 Å². The minimum absolute atomic E-state index is 0.00405. The lowest BCUT2D eigenvalue weighted by Gasteiger charge is -2.52. The van der Waals surface area contributed by atoms with Gasteiger partial charge in [-0.2, -0.15) is 9.97 Å². The summed E-state index contributed by atoms with van der Waals surface area (Å²) in [6.45, 7) is 5.89. The van der Waals surface area contributed by atoms with E-state index in [0.717, 1.165) is 57.9 Å². The highest BCUT2D eigenvalue weighted by Crippen LogP contribution is 2.50. The number of fused-ring (bicyclic) bond motifs is 3. The van der Waals surface area contributed by atoms with Gasteiger partial charge in [0.15, 0.2) is 5.82 Å². The minimum Gasteiger partial charge on any atom is -0.508 e. The van der Waals surface area contributed by atoms with Crippen molar-refractivity contribution in [3.8, 4) is 23.0 Å². The molecule has 2 saturated carbocycles. The van der Waals surface area contributed by atoms with Crippen LogP contribution in [-0.4, -0.2) is 82.5 Å². The summed E-state index contributed by atoms with van der Waals surface area (Å²) in [6, 6.07) is 7.42. The van der Waals surface area contributed by atoms with Crippen molar-refractivity contribution in [2.75, 3.05) is 44.4 Å². The first-order valence-electron chi connectivity index (χ1n) is 17.6. The second kappa shape index (κ2) is 12.7. The highest BCUT2D eigenvalue weighted by molar-refractivity contribution is 6.01. The third-order valence-electron chi connectivity index (χ3n) is 11.4. The zero-order valence-electron chi connectivity index (χ0n) is 27.6. The molecular weight excluding hydrogens is 614 g/mol. The SMILES string of the molecule is CCc1c(F)ccc2cc(O)cc(-c3ncc4c(N5CCCOCC5)nc(OCC56CCCC5N(C5CC(N)C5)CCC6)nc4c3F)c12. The van der Waals surface area contributed by atoms with E-state index in [2.05, 4.69) is 14.8 Å². The number of hydrogen-bond acceptors (Lipinski definition) is 9. The van der Waals surface area contributed by atoms with Crippen molar-refractivity contribution in [3.05, 3.63) is 47.7 Å². The summed E-state index contributed by atoms with van der Waals surface area (Å²) in [5.74, 6) is -0.533. The van der Waals surface area contributed by atoms with E-state index in [-0.39, 0.29) is 34.2 Å². The van der Waals surface area contributed by atoms with E-state index in [4.69, 9.17) is 25.2 Å². The maximum atomic E-state index is 16.9. The fourth-order valence-electron chi connectivity index (χ4n) is 8.99. The number of aryl methyl sites for hydroxylation is 1. The van der Waals surface area contributed by atoms with Crippen LogP contribution >= 0.6 is 0 Å². The van der Waals surface area contributed by atoms with Crippen molar-refractivity contribution in [1.82, 2.24) is 19.9 Å². The molecule has 4 fully saturated rings. The molecule has 11 heteroatoms. The highest BCUT2D eigenvalue weighted by Gasteiger charge is 2.51. The molecule has 0 bridgehead atoms. The monoisotopic (exact) mass is 658 g/mol. The van der Waals surface area contributed by atoms with Crippen LogP contribution in [-0.2, 0) is 11.2 Å². The third kappa shape index (κ3) is 5.44. The van der Waals surface area contributed by atoms with Crippen LogP contribution in [0.25, 0.3) is 32.9 Å². The van der Waals surface area contributed by atoms with Gasteiger partial charge in [0.2, 0.25) is 0 Å². The fraction of sp³-hybridized carbons (Fsp3) is 0.541. The molecule has 254 valence electrons. The molecule has 4 aliphatic rings. The van der Waals surface area contributed by atoms with Gasteiger partial charge in [-0.1, -0.05) is 19.4 Å². The molecule has 3 N–H and O–H groups in total. The molecule has 48 heavy (non-hydrogen) atoms. The Kier molecular flexibility index (Phi) is 8.33. The van der Waals surface area contributed by atoms with Gasteiger partial charge in [-0.25, -0.2) is 8.78 Å². The summed E-state index contributed by atoms with van der Waals surface area (Å²) < 4.78 is 44.2. The summed E-state index contributed by atoms with van der Waals surface area (Å²) >= 11 is 0. The van der Waals surface area contributed by atoms with E-state index in [9.17, 15) is 5.11 Å². The van der Waals surface area contributed by atoms with Crippen molar-refractivity contribution in [3.63, 3.8) is 0 Å². The maximum absolute atomic E-state index is 16.9. The number of anilines is 1. The van der Waals surface area contributed by atoms with Crippen LogP contribution in [0.1, 0.15) is 63.9 Å². The Bertz CT molecular complexity index is 1840. The Morgan fingerprint density at radius 3 is 2.75 bits per heavy atom. The Morgan fingerprint density at radius 1 is 1.06 bits per heavy atom. The number of aromatic hydroxyl groups is 1. The van der Waals surface area contributed by atoms with Gasteiger partial charge in [0, 0.05) is 55.0 Å². The van der Waals surface area contributed by atoms with E-state index in [1.54, 1.807) is 18.3 Å². The molecule has 9 nitrogen and oxygen atoms in total. The molecule has 4 aromatic rings. The van der Waals surface area contributed by atoms with E-state index >= 15 is 8.78 Å². The molecule has 2 unspecified atom stereocenters. The lowest BCUT2D eigenvalue weighted by molar-refractivity contribution is -0.0439. The Hall–Kier alpha value is -3.67. The number of nitrogens with two attached hydrogens (primary N) is 1. The molecule has 2 saturated heterocycles. The standard InChI is InChI=1S/C37H44F2N6O3/c1-2-26-29(38)8-7-22-16-25(46)19-27(31(22)26)33-32(39)34-28(20-41-33)35(44-11-5-14-47-15-13-44)43-36(42-34)48-21-37-9-3-6-30(37)45(12-4-10-37)24-17-23(40)18-24/h7-8,16,19-20,23-24,30,46H,2-6,9-15,17-18,21,40H2,1H3. The van der Waals surface area contributed by atoms with Crippen molar-refractivity contribution < 1.29 is 23.4 Å². The molecule has 0 radical (unpaired) electrons. The van der Waals surface area contributed by atoms with Crippen molar-refractivity contribution in [2.45, 2.75) is 82.8 Å². The number of halogens is 2. The number of benzene rings is 2. The Balaban J connectivity index is 1.21. The zero-order valence-corrected chi connectivity index (χ0v) is 27.6. The van der Waals surface area contributed by atoms with Gasteiger partial charge in [-0.15, -0.1) is 0 Å². The van der Waals surface area contributed by atoms with Crippen LogP contribution in [0.4, 0.5) is 14.6 Å². The lowest BCUT2D eigenvalue weighted by atomic mass is 9.73. The number of phenols is 1. The Labute approximate surface area is 279 Å². The van der Waals surface area contributed by atoms with E-state index < -0.39 is 5.82 Å². The van der Waals surface area contributed by atoms with Crippen LogP contribution in [0.2, 0.25) is 0 Å². The second-order valence-electron chi connectivity index (χ2n) is 14.2. The molecule has 8 rings (SSSR count).